The number of hydrogen-bond acceptors (Lipinski definition) is 3. The average molecular weight is 280 g/mol. The largest absolute Gasteiger partial charge is 0.342 e. The highest BCUT2D eigenvalue weighted by Crippen LogP contribution is 2.29. The Labute approximate surface area is 119 Å². The van der Waals surface area contributed by atoms with Crippen LogP contribution in [0.25, 0.3) is 22.1 Å². The maximum atomic E-state index is 4.57. The van der Waals surface area contributed by atoms with E-state index in [1.165, 1.54) is 0 Å². The summed E-state index contributed by atoms with van der Waals surface area (Å²) >= 11 is 1.62. The van der Waals surface area contributed by atoms with Gasteiger partial charge in [0.15, 0.2) is 5.16 Å². The predicted octanol–water partition coefficient (Wildman–Crippen LogP) is 3.90. The number of imidazole rings is 2. The zero-order valence-electron chi connectivity index (χ0n) is 10.8. The molecule has 0 spiro atoms. The lowest BCUT2D eigenvalue weighted by molar-refractivity contribution is 1.08. The number of hydrogen-bond donors (Lipinski definition) is 2. The molecule has 0 bridgehead atoms. The average Bonchev–Trinajstić information content (AvgIpc) is 2.99. The number of aromatic nitrogens is 4. The second kappa shape index (κ2) is 4.38. The fourth-order valence-corrected chi connectivity index (χ4v) is 3.11. The summed E-state index contributed by atoms with van der Waals surface area (Å²) in [6, 6.07) is 14.3. The van der Waals surface area contributed by atoms with Crippen molar-refractivity contribution in [3.63, 3.8) is 0 Å². The molecule has 2 aromatic carbocycles. The minimum atomic E-state index is 0.904. The van der Waals surface area contributed by atoms with Gasteiger partial charge in [0, 0.05) is 4.90 Å². The van der Waals surface area contributed by atoms with E-state index in [2.05, 4.69) is 32.1 Å². The second-order valence-corrected chi connectivity index (χ2v) is 5.72. The molecule has 0 aliphatic carbocycles. The van der Waals surface area contributed by atoms with Crippen LogP contribution in [0.5, 0.6) is 0 Å². The molecule has 0 aliphatic rings. The summed E-state index contributed by atoms with van der Waals surface area (Å²) in [4.78, 5) is 16.7. The Hall–Kier alpha value is -2.27. The molecule has 4 rings (SSSR count). The molecule has 0 radical (unpaired) electrons. The molecule has 2 aromatic heterocycles. The normalized spacial score (nSPS) is 11.4. The smallest absolute Gasteiger partial charge is 0.171 e. The third kappa shape index (κ3) is 1.96. The second-order valence-electron chi connectivity index (χ2n) is 4.66. The number of nitrogens with one attached hydrogen (secondary N) is 2. The minimum Gasteiger partial charge on any atom is -0.342 e. The molecule has 20 heavy (non-hydrogen) atoms. The third-order valence-electron chi connectivity index (χ3n) is 3.15. The van der Waals surface area contributed by atoms with Gasteiger partial charge < -0.3 is 9.97 Å². The van der Waals surface area contributed by atoms with E-state index in [1.807, 2.05) is 37.3 Å². The fourth-order valence-electron chi connectivity index (χ4n) is 2.27. The molecular weight excluding hydrogens is 268 g/mol. The van der Waals surface area contributed by atoms with Crippen molar-refractivity contribution in [2.24, 2.45) is 0 Å². The van der Waals surface area contributed by atoms with Gasteiger partial charge in [-0.25, -0.2) is 9.97 Å². The van der Waals surface area contributed by atoms with E-state index in [9.17, 15) is 0 Å². The van der Waals surface area contributed by atoms with Crippen molar-refractivity contribution in [3.8, 4) is 0 Å². The monoisotopic (exact) mass is 280 g/mol. The molecule has 0 atom stereocenters. The van der Waals surface area contributed by atoms with E-state index in [1.54, 1.807) is 11.8 Å². The van der Waals surface area contributed by atoms with Gasteiger partial charge in [0.2, 0.25) is 0 Å². The van der Waals surface area contributed by atoms with Gasteiger partial charge in [0.25, 0.3) is 0 Å². The van der Waals surface area contributed by atoms with Crippen molar-refractivity contribution >= 4 is 33.8 Å². The highest BCUT2D eigenvalue weighted by molar-refractivity contribution is 7.99. The number of para-hydroxylation sites is 2. The van der Waals surface area contributed by atoms with Crippen LogP contribution in [0, 0.1) is 6.92 Å². The van der Waals surface area contributed by atoms with Crippen molar-refractivity contribution in [3.05, 3.63) is 48.3 Å². The Morgan fingerprint density at radius 1 is 0.900 bits per heavy atom. The van der Waals surface area contributed by atoms with Gasteiger partial charge in [0.1, 0.15) is 5.82 Å². The van der Waals surface area contributed by atoms with E-state index in [0.29, 0.717) is 0 Å². The zero-order chi connectivity index (χ0) is 13.5. The van der Waals surface area contributed by atoms with Crippen LogP contribution in [-0.2, 0) is 0 Å². The van der Waals surface area contributed by atoms with E-state index in [0.717, 1.165) is 37.9 Å². The summed E-state index contributed by atoms with van der Waals surface area (Å²) in [6.45, 7) is 1.96. The first-order valence-electron chi connectivity index (χ1n) is 6.37. The van der Waals surface area contributed by atoms with Crippen LogP contribution in [0.1, 0.15) is 5.82 Å². The van der Waals surface area contributed by atoms with Gasteiger partial charge in [-0.3, -0.25) is 0 Å². The molecule has 5 heteroatoms. The minimum absolute atomic E-state index is 0.904. The van der Waals surface area contributed by atoms with Gasteiger partial charge in [-0.1, -0.05) is 23.9 Å². The molecule has 0 saturated heterocycles. The predicted molar refractivity (Wildman–Crippen MR) is 81.0 cm³/mol. The maximum Gasteiger partial charge on any atom is 0.171 e. The van der Waals surface area contributed by atoms with Gasteiger partial charge in [0.05, 0.1) is 22.1 Å². The van der Waals surface area contributed by atoms with E-state index in [4.69, 9.17) is 0 Å². The lowest BCUT2D eigenvalue weighted by Crippen LogP contribution is -1.77. The fraction of sp³-hybridized carbons (Fsp3) is 0.0667. The highest BCUT2D eigenvalue weighted by atomic mass is 32.2. The van der Waals surface area contributed by atoms with Crippen LogP contribution in [0.2, 0.25) is 0 Å². The summed E-state index contributed by atoms with van der Waals surface area (Å²) in [5.41, 5.74) is 4.11. The molecule has 98 valence electrons. The number of rotatable bonds is 2. The number of H-pyrrole nitrogens is 2. The topological polar surface area (TPSA) is 57.4 Å². The van der Waals surface area contributed by atoms with Crippen molar-refractivity contribution in [2.75, 3.05) is 0 Å². The SMILES string of the molecule is Cc1nc2ccc(Sc3nc4ccccc4[nH]3)cc2[nH]1. The molecule has 0 unspecified atom stereocenters. The molecule has 0 saturated carbocycles. The van der Waals surface area contributed by atoms with Crippen LogP contribution in [-0.4, -0.2) is 19.9 Å². The maximum absolute atomic E-state index is 4.57. The number of fused-ring (bicyclic) bond motifs is 2. The van der Waals surface area contributed by atoms with Gasteiger partial charge >= 0.3 is 0 Å². The van der Waals surface area contributed by atoms with Gasteiger partial charge in [-0.15, -0.1) is 0 Å². The lowest BCUT2D eigenvalue weighted by atomic mass is 10.3. The molecule has 4 nitrogen and oxygen atoms in total. The highest BCUT2D eigenvalue weighted by Gasteiger charge is 2.06. The lowest BCUT2D eigenvalue weighted by Gasteiger charge is -1.97. The molecule has 2 heterocycles. The molecular formula is C15H12N4S. The summed E-state index contributed by atoms with van der Waals surface area (Å²) < 4.78 is 0. The van der Waals surface area contributed by atoms with Crippen molar-refractivity contribution in [1.29, 1.82) is 0 Å². The first-order valence-corrected chi connectivity index (χ1v) is 7.18. The number of benzene rings is 2. The zero-order valence-corrected chi connectivity index (χ0v) is 11.7. The molecule has 4 aromatic rings. The molecule has 0 aliphatic heterocycles. The van der Waals surface area contributed by atoms with E-state index < -0.39 is 0 Å². The first kappa shape index (κ1) is 11.5. The Bertz CT molecular complexity index is 873. The van der Waals surface area contributed by atoms with E-state index >= 15 is 0 Å². The van der Waals surface area contributed by atoms with Crippen LogP contribution < -0.4 is 0 Å². The third-order valence-corrected chi connectivity index (χ3v) is 4.03. The Morgan fingerprint density at radius 3 is 2.65 bits per heavy atom. The van der Waals surface area contributed by atoms with Crippen molar-refractivity contribution in [2.45, 2.75) is 17.0 Å². The van der Waals surface area contributed by atoms with Crippen LogP contribution in [0.4, 0.5) is 0 Å². The molecule has 0 amide bonds. The Morgan fingerprint density at radius 2 is 1.75 bits per heavy atom. The first-order chi connectivity index (χ1) is 9.78. The van der Waals surface area contributed by atoms with Crippen molar-refractivity contribution in [1.82, 2.24) is 19.9 Å². The Kier molecular flexibility index (Phi) is 2.53. The molecule has 2 N–H and O–H groups in total. The summed E-state index contributed by atoms with van der Waals surface area (Å²) in [6.07, 6.45) is 0. The van der Waals surface area contributed by atoms with Crippen molar-refractivity contribution < 1.29 is 0 Å². The van der Waals surface area contributed by atoms with Crippen LogP contribution in [0.15, 0.2) is 52.5 Å². The van der Waals surface area contributed by atoms with Crippen LogP contribution >= 0.6 is 11.8 Å². The quantitative estimate of drug-likeness (QED) is 0.585. The summed E-state index contributed by atoms with van der Waals surface area (Å²) in [5.74, 6) is 0.936. The van der Waals surface area contributed by atoms with Gasteiger partial charge in [-0.05, 0) is 37.3 Å². The van der Waals surface area contributed by atoms with Crippen LogP contribution in [0.3, 0.4) is 0 Å². The van der Waals surface area contributed by atoms with Gasteiger partial charge in [-0.2, -0.15) is 0 Å². The standard InChI is InChI=1S/C15H12N4S/c1-9-16-13-7-6-10(8-14(13)17-9)20-15-18-11-4-2-3-5-12(11)19-15/h2-8H,1H3,(H,16,17)(H,18,19). The number of aromatic amines is 2. The number of nitrogens with zero attached hydrogens (tertiary/aromatic N) is 2. The summed E-state index contributed by atoms with van der Waals surface area (Å²) in [7, 11) is 0. The molecule has 0 fully saturated rings. The summed E-state index contributed by atoms with van der Waals surface area (Å²) in [5, 5.41) is 0.904. The Balaban J connectivity index is 1.72. The van der Waals surface area contributed by atoms with E-state index in [-0.39, 0.29) is 0 Å². The number of aryl methyl sites for hydroxylation is 1.